The standard InChI is InChI=1S/C13H15N3O3/c17-13(18)10-4-1-5-11-12(10)14-15-16(11)7-9-3-2-6-19-8-9/h1,4-5,9H,2-3,6-8H2,(H,17,18). The summed E-state index contributed by atoms with van der Waals surface area (Å²) in [5.74, 6) is -0.550. The van der Waals surface area contributed by atoms with Crippen molar-refractivity contribution in [2.24, 2.45) is 5.92 Å². The molecule has 2 aromatic rings. The lowest BCUT2D eigenvalue weighted by Crippen LogP contribution is -2.22. The lowest BCUT2D eigenvalue weighted by atomic mass is 10.0. The zero-order valence-electron chi connectivity index (χ0n) is 10.5. The fourth-order valence-electron chi connectivity index (χ4n) is 2.49. The van der Waals surface area contributed by atoms with Crippen LogP contribution >= 0.6 is 0 Å². The van der Waals surface area contributed by atoms with E-state index in [4.69, 9.17) is 9.84 Å². The second-order valence-corrected chi connectivity index (χ2v) is 4.83. The van der Waals surface area contributed by atoms with Crippen LogP contribution in [0.1, 0.15) is 23.2 Å². The summed E-state index contributed by atoms with van der Waals surface area (Å²) in [7, 11) is 0. The highest BCUT2D eigenvalue weighted by Crippen LogP contribution is 2.20. The Morgan fingerprint density at radius 2 is 2.42 bits per heavy atom. The Morgan fingerprint density at radius 3 is 3.16 bits per heavy atom. The second kappa shape index (κ2) is 4.97. The largest absolute Gasteiger partial charge is 0.478 e. The van der Waals surface area contributed by atoms with Gasteiger partial charge in [-0.25, -0.2) is 9.48 Å². The number of aromatic carboxylic acids is 1. The van der Waals surface area contributed by atoms with Crippen LogP contribution in [0, 0.1) is 5.92 Å². The molecule has 0 spiro atoms. The zero-order chi connectivity index (χ0) is 13.2. The van der Waals surface area contributed by atoms with E-state index >= 15 is 0 Å². The summed E-state index contributed by atoms with van der Waals surface area (Å²) in [5.41, 5.74) is 1.42. The minimum absolute atomic E-state index is 0.198. The molecule has 0 bridgehead atoms. The van der Waals surface area contributed by atoms with Gasteiger partial charge in [-0.15, -0.1) is 5.10 Å². The fourth-order valence-corrected chi connectivity index (χ4v) is 2.49. The van der Waals surface area contributed by atoms with Crippen molar-refractivity contribution in [3.05, 3.63) is 23.8 Å². The number of hydrogen-bond donors (Lipinski definition) is 1. The van der Waals surface area contributed by atoms with E-state index in [1.165, 1.54) is 0 Å². The molecule has 0 radical (unpaired) electrons. The third-order valence-corrected chi connectivity index (χ3v) is 3.46. The van der Waals surface area contributed by atoms with Gasteiger partial charge in [0.25, 0.3) is 0 Å². The topological polar surface area (TPSA) is 77.2 Å². The molecule has 19 heavy (non-hydrogen) atoms. The smallest absolute Gasteiger partial charge is 0.338 e. The number of carboxylic acids is 1. The predicted molar refractivity (Wildman–Crippen MR) is 68.0 cm³/mol. The van der Waals surface area contributed by atoms with Crippen LogP contribution in [0.25, 0.3) is 11.0 Å². The minimum Gasteiger partial charge on any atom is -0.478 e. The SMILES string of the molecule is O=C(O)c1cccc2c1nnn2CC1CCCOC1. The van der Waals surface area contributed by atoms with Gasteiger partial charge in [0.2, 0.25) is 0 Å². The van der Waals surface area contributed by atoms with E-state index < -0.39 is 5.97 Å². The molecule has 6 nitrogen and oxygen atoms in total. The number of ether oxygens (including phenoxy) is 1. The number of carbonyl (C=O) groups is 1. The predicted octanol–water partition coefficient (Wildman–Crippen LogP) is 1.56. The van der Waals surface area contributed by atoms with Gasteiger partial charge in [0.05, 0.1) is 17.7 Å². The van der Waals surface area contributed by atoms with Crippen molar-refractivity contribution in [1.82, 2.24) is 15.0 Å². The maximum Gasteiger partial charge on any atom is 0.338 e. The molecule has 1 fully saturated rings. The van der Waals surface area contributed by atoms with Gasteiger partial charge in [-0.2, -0.15) is 0 Å². The van der Waals surface area contributed by atoms with Gasteiger partial charge in [0.15, 0.2) is 0 Å². The Kier molecular flexibility index (Phi) is 3.16. The highest BCUT2D eigenvalue weighted by molar-refractivity contribution is 6.00. The van der Waals surface area contributed by atoms with Crippen LogP contribution in [-0.2, 0) is 11.3 Å². The Morgan fingerprint density at radius 1 is 1.53 bits per heavy atom. The van der Waals surface area contributed by atoms with E-state index in [2.05, 4.69) is 10.3 Å². The number of benzene rings is 1. The number of hydrogen-bond acceptors (Lipinski definition) is 4. The summed E-state index contributed by atoms with van der Waals surface area (Å²) in [5, 5.41) is 17.2. The van der Waals surface area contributed by atoms with Crippen LogP contribution in [0.2, 0.25) is 0 Å². The summed E-state index contributed by atoms with van der Waals surface area (Å²) >= 11 is 0. The third kappa shape index (κ3) is 2.31. The van der Waals surface area contributed by atoms with Crippen molar-refractivity contribution in [1.29, 1.82) is 0 Å². The maximum atomic E-state index is 11.1. The summed E-state index contributed by atoms with van der Waals surface area (Å²) < 4.78 is 7.23. The molecule has 1 atom stereocenters. The third-order valence-electron chi connectivity index (χ3n) is 3.46. The summed E-state index contributed by atoms with van der Waals surface area (Å²) in [4.78, 5) is 11.1. The van der Waals surface area contributed by atoms with Gasteiger partial charge < -0.3 is 9.84 Å². The van der Waals surface area contributed by atoms with Crippen LogP contribution in [0.4, 0.5) is 0 Å². The molecule has 0 saturated carbocycles. The van der Waals surface area contributed by atoms with E-state index in [-0.39, 0.29) is 5.56 Å². The van der Waals surface area contributed by atoms with Crippen LogP contribution < -0.4 is 0 Å². The van der Waals surface area contributed by atoms with Crippen molar-refractivity contribution < 1.29 is 14.6 Å². The molecule has 1 aliphatic rings. The van der Waals surface area contributed by atoms with E-state index in [1.807, 2.05) is 6.07 Å². The Labute approximate surface area is 110 Å². The van der Waals surface area contributed by atoms with Crippen LogP contribution in [-0.4, -0.2) is 39.3 Å². The van der Waals surface area contributed by atoms with E-state index in [9.17, 15) is 4.79 Å². The second-order valence-electron chi connectivity index (χ2n) is 4.83. The minimum atomic E-state index is -0.973. The molecule has 1 N–H and O–H groups in total. The van der Waals surface area contributed by atoms with Crippen molar-refractivity contribution >= 4 is 17.0 Å². The average Bonchev–Trinajstić information content (AvgIpc) is 2.83. The van der Waals surface area contributed by atoms with Crippen LogP contribution in [0.5, 0.6) is 0 Å². The lowest BCUT2D eigenvalue weighted by Gasteiger charge is -2.21. The van der Waals surface area contributed by atoms with Crippen molar-refractivity contribution in [2.75, 3.05) is 13.2 Å². The molecular weight excluding hydrogens is 246 g/mol. The molecule has 3 rings (SSSR count). The first-order valence-corrected chi connectivity index (χ1v) is 6.39. The summed E-state index contributed by atoms with van der Waals surface area (Å²) in [6.45, 7) is 2.29. The maximum absolute atomic E-state index is 11.1. The van der Waals surface area contributed by atoms with Gasteiger partial charge in [0.1, 0.15) is 5.52 Å². The molecule has 1 aromatic heterocycles. The first-order valence-electron chi connectivity index (χ1n) is 6.39. The Bertz CT molecular complexity index is 602. The van der Waals surface area contributed by atoms with Crippen LogP contribution in [0.3, 0.4) is 0 Å². The van der Waals surface area contributed by atoms with Gasteiger partial charge in [-0.3, -0.25) is 0 Å². The number of carboxylic acid groups (broad SMARTS) is 1. The number of nitrogens with zero attached hydrogens (tertiary/aromatic N) is 3. The van der Waals surface area contributed by atoms with Crippen molar-refractivity contribution in [3.8, 4) is 0 Å². The molecule has 100 valence electrons. The van der Waals surface area contributed by atoms with E-state index in [0.29, 0.717) is 11.4 Å². The van der Waals surface area contributed by atoms with Gasteiger partial charge in [0, 0.05) is 19.1 Å². The quantitative estimate of drug-likeness (QED) is 0.907. The molecule has 1 saturated heterocycles. The van der Waals surface area contributed by atoms with Gasteiger partial charge >= 0.3 is 5.97 Å². The number of fused-ring (bicyclic) bond motifs is 1. The van der Waals surface area contributed by atoms with Crippen molar-refractivity contribution in [3.63, 3.8) is 0 Å². The molecule has 2 heterocycles. The normalized spacial score (nSPS) is 19.7. The van der Waals surface area contributed by atoms with E-state index in [0.717, 1.165) is 38.1 Å². The highest BCUT2D eigenvalue weighted by atomic mass is 16.5. The van der Waals surface area contributed by atoms with Gasteiger partial charge in [-0.05, 0) is 25.0 Å². The molecule has 1 aromatic carbocycles. The Balaban J connectivity index is 1.92. The fraction of sp³-hybridized carbons (Fsp3) is 0.462. The average molecular weight is 261 g/mol. The number of rotatable bonds is 3. The molecule has 1 unspecified atom stereocenters. The van der Waals surface area contributed by atoms with Crippen molar-refractivity contribution in [2.45, 2.75) is 19.4 Å². The zero-order valence-corrected chi connectivity index (χ0v) is 10.5. The molecule has 1 aliphatic heterocycles. The molecular formula is C13H15N3O3. The van der Waals surface area contributed by atoms with E-state index in [1.54, 1.807) is 16.8 Å². The van der Waals surface area contributed by atoms with Gasteiger partial charge in [-0.1, -0.05) is 11.3 Å². The Hall–Kier alpha value is -1.95. The summed E-state index contributed by atoms with van der Waals surface area (Å²) in [6, 6.07) is 5.13. The number of aromatic nitrogens is 3. The lowest BCUT2D eigenvalue weighted by molar-refractivity contribution is 0.0473. The monoisotopic (exact) mass is 261 g/mol. The first kappa shape index (κ1) is 12.1. The molecule has 6 heteroatoms. The summed E-state index contributed by atoms with van der Waals surface area (Å²) in [6.07, 6.45) is 2.18. The highest BCUT2D eigenvalue weighted by Gasteiger charge is 2.18. The molecule has 0 amide bonds. The molecule has 0 aliphatic carbocycles. The van der Waals surface area contributed by atoms with Crippen LogP contribution in [0.15, 0.2) is 18.2 Å². The first-order chi connectivity index (χ1) is 9.25.